The molecule has 2 aromatic heterocycles. The Balaban J connectivity index is 1.44. The first-order valence-corrected chi connectivity index (χ1v) is 10.2. The molecule has 1 amide bonds. The zero-order chi connectivity index (χ0) is 20.9. The number of methoxy groups -OCH3 is 2. The number of hydrogen-bond acceptors (Lipinski definition) is 6. The normalized spacial score (nSPS) is 10.7. The van der Waals surface area contributed by atoms with Crippen molar-refractivity contribution in [3.8, 4) is 22.8 Å². The molecule has 0 bridgehead atoms. The van der Waals surface area contributed by atoms with Crippen LogP contribution in [0.15, 0.2) is 71.9 Å². The van der Waals surface area contributed by atoms with Crippen molar-refractivity contribution in [1.82, 2.24) is 14.6 Å². The quantitative estimate of drug-likeness (QED) is 0.453. The Morgan fingerprint density at radius 1 is 1.03 bits per heavy atom. The van der Waals surface area contributed by atoms with E-state index in [1.165, 1.54) is 11.8 Å². The van der Waals surface area contributed by atoms with Crippen molar-refractivity contribution in [2.24, 2.45) is 0 Å². The molecule has 0 aliphatic carbocycles. The summed E-state index contributed by atoms with van der Waals surface area (Å²) in [5.74, 6) is 1.53. The zero-order valence-electron chi connectivity index (χ0n) is 16.5. The first-order chi connectivity index (χ1) is 14.7. The summed E-state index contributed by atoms with van der Waals surface area (Å²) < 4.78 is 12.2. The third-order valence-electron chi connectivity index (χ3n) is 4.41. The molecule has 1 N–H and O–H groups in total. The molecule has 0 radical (unpaired) electrons. The molecule has 0 unspecified atom stereocenters. The van der Waals surface area contributed by atoms with Gasteiger partial charge in [-0.2, -0.15) is 5.10 Å². The molecule has 0 aliphatic rings. The third-order valence-corrected chi connectivity index (χ3v) is 5.33. The van der Waals surface area contributed by atoms with Crippen LogP contribution >= 0.6 is 11.8 Å². The first kappa shape index (κ1) is 19.8. The fourth-order valence-corrected chi connectivity index (χ4v) is 3.58. The van der Waals surface area contributed by atoms with E-state index in [0.29, 0.717) is 11.4 Å². The van der Waals surface area contributed by atoms with Gasteiger partial charge in [0.15, 0.2) is 5.65 Å². The SMILES string of the molecule is COc1ccc(-c2cn3nc(SCC(=O)Nc4ccccc4OC)ccc3n2)cc1. The number of thioether (sulfide) groups is 1. The summed E-state index contributed by atoms with van der Waals surface area (Å²) in [6.45, 7) is 0. The molecule has 8 heteroatoms. The van der Waals surface area contributed by atoms with Crippen molar-refractivity contribution >= 4 is 29.0 Å². The van der Waals surface area contributed by atoms with Crippen LogP contribution in [-0.4, -0.2) is 40.5 Å². The van der Waals surface area contributed by atoms with Crippen LogP contribution in [0.4, 0.5) is 5.69 Å². The van der Waals surface area contributed by atoms with E-state index in [0.717, 1.165) is 27.7 Å². The molecule has 2 aromatic carbocycles. The molecule has 2 heterocycles. The second-order valence-electron chi connectivity index (χ2n) is 6.37. The van der Waals surface area contributed by atoms with Crippen LogP contribution in [0.5, 0.6) is 11.5 Å². The lowest BCUT2D eigenvalue weighted by Crippen LogP contribution is -2.14. The average Bonchev–Trinajstić information content (AvgIpc) is 3.21. The van der Waals surface area contributed by atoms with Crippen LogP contribution in [0.2, 0.25) is 0 Å². The molecule has 0 saturated heterocycles. The molecular weight excluding hydrogens is 400 g/mol. The lowest BCUT2D eigenvalue weighted by molar-refractivity contribution is -0.113. The maximum absolute atomic E-state index is 12.3. The van der Waals surface area contributed by atoms with Gasteiger partial charge in [-0.3, -0.25) is 4.79 Å². The minimum absolute atomic E-state index is 0.129. The highest BCUT2D eigenvalue weighted by Crippen LogP contribution is 2.25. The Morgan fingerprint density at radius 2 is 1.83 bits per heavy atom. The van der Waals surface area contributed by atoms with Gasteiger partial charge in [-0.25, -0.2) is 9.50 Å². The van der Waals surface area contributed by atoms with Gasteiger partial charge in [-0.05, 0) is 48.5 Å². The maximum Gasteiger partial charge on any atom is 0.234 e. The summed E-state index contributed by atoms with van der Waals surface area (Å²) in [5.41, 5.74) is 3.18. The lowest BCUT2D eigenvalue weighted by Gasteiger charge is -2.09. The van der Waals surface area contributed by atoms with Crippen LogP contribution in [0, 0.1) is 0 Å². The number of nitrogens with zero attached hydrogens (tertiary/aromatic N) is 3. The molecule has 0 fully saturated rings. The van der Waals surface area contributed by atoms with E-state index in [1.807, 2.05) is 54.7 Å². The standard InChI is InChI=1S/C22H20N4O3S/c1-28-16-9-7-15(8-10-16)18-13-26-20(23-18)11-12-22(25-26)30-14-21(27)24-17-5-3-4-6-19(17)29-2/h3-13H,14H2,1-2H3,(H,24,27). The molecule has 0 saturated carbocycles. The molecule has 7 nitrogen and oxygen atoms in total. The summed E-state index contributed by atoms with van der Waals surface area (Å²) >= 11 is 1.36. The molecule has 30 heavy (non-hydrogen) atoms. The van der Waals surface area contributed by atoms with Crippen LogP contribution in [0.1, 0.15) is 0 Å². The molecule has 0 aliphatic heterocycles. The van der Waals surface area contributed by atoms with E-state index in [4.69, 9.17) is 9.47 Å². The highest BCUT2D eigenvalue weighted by atomic mass is 32.2. The number of anilines is 1. The fourth-order valence-electron chi connectivity index (χ4n) is 2.92. The van der Waals surface area contributed by atoms with Gasteiger partial charge in [0, 0.05) is 5.56 Å². The number of fused-ring (bicyclic) bond motifs is 1. The molecule has 4 aromatic rings. The topological polar surface area (TPSA) is 77.8 Å². The minimum Gasteiger partial charge on any atom is -0.497 e. The maximum atomic E-state index is 12.3. The van der Waals surface area contributed by atoms with Crippen LogP contribution in [0.25, 0.3) is 16.9 Å². The fraction of sp³-hybridized carbons (Fsp3) is 0.136. The summed E-state index contributed by atoms with van der Waals surface area (Å²) in [6.07, 6.45) is 1.87. The Hall–Kier alpha value is -3.52. The monoisotopic (exact) mass is 420 g/mol. The molecule has 152 valence electrons. The van der Waals surface area contributed by atoms with E-state index < -0.39 is 0 Å². The van der Waals surface area contributed by atoms with E-state index >= 15 is 0 Å². The van der Waals surface area contributed by atoms with Crippen LogP contribution in [0.3, 0.4) is 0 Å². The molecule has 4 rings (SSSR count). The van der Waals surface area contributed by atoms with Crippen molar-refractivity contribution in [3.63, 3.8) is 0 Å². The van der Waals surface area contributed by atoms with Gasteiger partial charge in [-0.1, -0.05) is 23.9 Å². The third kappa shape index (κ3) is 4.38. The highest BCUT2D eigenvalue weighted by molar-refractivity contribution is 7.99. The van der Waals surface area contributed by atoms with Crippen LogP contribution in [-0.2, 0) is 4.79 Å². The van der Waals surface area contributed by atoms with Gasteiger partial charge in [0.2, 0.25) is 5.91 Å². The molecule has 0 spiro atoms. The summed E-state index contributed by atoms with van der Waals surface area (Å²) in [6, 6.07) is 18.8. The number of nitrogens with one attached hydrogen (secondary N) is 1. The van der Waals surface area contributed by atoms with Crippen LogP contribution < -0.4 is 14.8 Å². The first-order valence-electron chi connectivity index (χ1n) is 9.23. The molecule has 0 atom stereocenters. The van der Waals surface area contributed by atoms with Gasteiger partial charge < -0.3 is 14.8 Å². The minimum atomic E-state index is -0.129. The number of rotatable bonds is 7. The van der Waals surface area contributed by atoms with Gasteiger partial charge >= 0.3 is 0 Å². The Labute approximate surface area is 178 Å². The Kier molecular flexibility index (Phi) is 5.85. The Morgan fingerprint density at radius 3 is 2.60 bits per heavy atom. The van der Waals surface area contributed by atoms with E-state index in [-0.39, 0.29) is 11.7 Å². The number of aromatic nitrogens is 3. The second-order valence-corrected chi connectivity index (χ2v) is 7.36. The summed E-state index contributed by atoms with van der Waals surface area (Å²) in [7, 11) is 3.21. The van der Waals surface area contributed by atoms with Gasteiger partial charge in [0.1, 0.15) is 16.5 Å². The van der Waals surface area contributed by atoms with Crippen molar-refractivity contribution < 1.29 is 14.3 Å². The number of imidazole rings is 1. The number of hydrogen-bond donors (Lipinski definition) is 1. The zero-order valence-corrected chi connectivity index (χ0v) is 17.3. The average molecular weight is 420 g/mol. The van der Waals surface area contributed by atoms with E-state index in [9.17, 15) is 4.79 Å². The van der Waals surface area contributed by atoms with Gasteiger partial charge in [0.25, 0.3) is 0 Å². The summed E-state index contributed by atoms with van der Waals surface area (Å²) in [4.78, 5) is 16.9. The second kappa shape index (κ2) is 8.87. The van der Waals surface area contributed by atoms with Gasteiger partial charge in [-0.15, -0.1) is 0 Å². The predicted molar refractivity (Wildman–Crippen MR) is 117 cm³/mol. The lowest BCUT2D eigenvalue weighted by atomic mass is 10.2. The number of ether oxygens (including phenoxy) is 2. The number of carbonyl (C=O) groups is 1. The van der Waals surface area contributed by atoms with Gasteiger partial charge in [0.05, 0.1) is 37.6 Å². The largest absolute Gasteiger partial charge is 0.497 e. The van der Waals surface area contributed by atoms with Crippen molar-refractivity contribution in [3.05, 3.63) is 66.9 Å². The van der Waals surface area contributed by atoms with Crippen molar-refractivity contribution in [2.45, 2.75) is 5.03 Å². The number of carbonyl (C=O) groups excluding carboxylic acids is 1. The van der Waals surface area contributed by atoms with E-state index in [1.54, 1.807) is 30.9 Å². The van der Waals surface area contributed by atoms with Crippen molar-refractivity contribution in [2.75, 3.05) is 25.3 Å². The molecular formula is C22H20N4O3S. The summed E-state index contributed by atoms with van der Waals surface area (Å²) in [5, 5.41) is 8.15. The van der Waals surface area contributed by atoms with E-state index in [2.05, 4.69) is 15.4 Å². The predicted octanol–water partition coefficient (Wildman–Crippen LogP) is 4.14. The Bertz CT molecular complexity index is 1170. The number of benzene rings is 2. The number of amides is 1. The number of para-hydroxylation sites is 2. The van der Waals surface area contributed by atoms with Crippen molar-refractivity contribution in [1.29, 1.82) is 0 Å². The highest BCUT2D eigenvalue weighted by Gasteiger charge is 2.10. The smallest absolute Gasteiger partial charge is 0.234 e.